The number of nitriles is 1. The van der Waals surface area contributed by atoms with Crippen molar-refractivity contribution in [3.63, 3.8) is 0 Å². The number of nitrogen functional groups attached to an aromatic ring is 1. The third kappa shape index (κ3) is 5.10. The molecule has 0 fully saturated rings. The molecule has 1 atom stereocenters. The van der Waals surface area contributed by atoms with Gasteiger partial charge in [-0.1, -0.05) is 13.8 Å². The van der Waals surface area contributed by atoms with Crippen LogP contribution in [0.5, 0.6) is 0 Å². The summed E-state index contributed by atoms with van der Waals surface area (Å²) in [5.74, 6) is 0. The molecular weight excluding hydrogens is 248 g/mol. The second-order valence-corrected chi connectivity index (χ2v) is 5.13. The standard InChI is InChI=1S/C16H26N4/c1-4-20(5-2)10-6-7-13(3)19-15-8-9-16(18)14(11-15)12-17/h8-9,11,13,19H,4-7,10,18H2,1-3H3. The molecule has 0 heterocycles. The molecule has 0 bridgehead atoms. The van der Waals surface area contributed by atoms with Crippen LogP contribution in [0.4, 0.5) is 11.4 Å². The molecule has 0 amide bonds. The van der Waals surface area contributed by atoms with Gasteiger partial charge in [0.25, 0.3) is 0 Å². The Balaban J connectivity index is 2.43. The Bertz CT molecular complexity index is 446. The van der Waals surface area contributed by atoms with E-state index in [-0.39, 0.29) is 0 Å². The first-order valence-electron chi connectivity index (χ1n) is 7.39. The molecule has 0 aliphatic carbocycles. The van der Waals surface area contributed by atoms with Crippen molar-refractivity contribution >= 4 is 11.4 Å². The molecule has 0 saturated heterocycles. The van der Waals surface area contributed by atoms with Crippen molar-refractivity contribution in [2.45, 2.75) is 39.7 Å². The first-order valence-corrected chi connectivity index (χ1v) is 7.39. The van der Waals surface area contributed by atoms with Crippen LogP contribution in [0.2, 0.25) is 0 Å². The fraction of sp³-hybridized carbons (Fsp3) is 0.562. The van der Waals surface area contributed by atoms with E-state index >= 15 is 0 Å². The Hall–Kier alpha value is -1.73. The second kappa shape index (κ2) is 8.44. The molecule has 110 valence electrons. The molecule has 4 nitrogen and oxygen atoms in total. The first-order chi connectivity index (χ1) is 9.60. The quantitative estimate of drug-likeness (QED) is 0.715. The minimum absolute atomic E-state index is 0.390. The van der Waals surface area contributed by atoms with Gasteiger partial charge in [-0.3, -0.25) is 0 Å². The lowest BCUT2D eigenvalue weighted by atomic mass is 10.1. The lowest BCUT2D eigenvalue weighted by molar-refractivity contribution is 0.295. The average Bonchev–Trinajstić information content (AvgIpc) is 2.45. The molecule has 20 heavy (non-hydrogen) atoms. The highest BCUT2D eigenvalue weighted by atomic mass is 15.1. The van der Waals surface area contributed by atoms with Crippen LogP contribution in [0.3, 0.4) is 0 Å². The van der Waals surface area contributed by atoms with Gasteiger partial charge in [0.05, 0.1) is 5.56 Å². The maximum Gasteiger partial charge on any atom is 0.101 e. The molecule has 1 unspecified atom stereocenters. The smallest absolute Gasteiger partial charge is 0.101 e. The molecule has 0 radical (unpaired) electrons. The SMILES string of the molecule is CCN(CC)CCCC(C)Nc1ccc(N)c(C#N)c1. The van der Waals surface area contributed by atoms with E-state index in [1.165, 1.54) is 6.42 Å². The maximum atomic E-state index is 8.97. The number of anilines is 2. The summed E-state index contributed by atoms with van der Waals surface area (Å²) < 4.78 is 0. The lowest BCUT2D eigenvalue weighted by Gasteiger charge is -2.20. The van der Waals surface area contributed by atoms with E-state index in [2.05, 4.69) is 37.1 Å². The van der Waals surface area contributed by atoms with Gasteiger partial charge in [-0.25, -0.2) is 0 Å². The van der Waals surface area contributed by atoms with Crippen molar-refractivity contribution < 1.29 is 0 Å². The van der Waals surface area contributed by atoms with E-state index in [1.54, 1.807) is 6.07 Å². The highest BCUT2D eigenvalue weighted by molar-refractivity contribution is 5.62. The predicted molar refractivity (Wildman–Crippen MR) is 85.7 cm³/mol. The molecule has 0 spiro atoms. The van der Waals surface area contributed by atoms with Gasteiger partial charge in [0, 0.05) is 17.4 Å². The highest BCUT2D eigenvalue weighted by Crippen LogP contribution is 2.18. The van der Waals surface area contributed by atoms with Gasteiger partial charge in [-0.05, 0) is 57.6 Å². The van der Waals surface area contributed by atoms with Gasteiger partial charge in [0.2, 0.25) is 0 Å². The van der Waals surface area contributed by atoms with E-state index in [9.17, 15) is 0 Å². The monoisotopic (exact) mass is 274 g/mol. The number of hydrogen-bond acceptors (Lipinski definition) is 4. The molecule has 0 aliphatic rings. The summed E-state index contributed by atoms with van der Waals surface area (Å²) in [5, 5.41) is 12.4. The van der Waals surface area contributed by atoms with Crippen molar-refractivity contribution in [1.29, 1.82) is 5.26 Å². The third-order valence-electron chi connectivity index (χ3n) is 3.59. The van der Waals surface area contributed by atoms with E-state index in [4.69, 9.17) is 11.0 Å². The van der Waals surface area contributed by atoms with Gasteiger partial charge >= 0.3 is 0 Å². The van der Waals surface area contributed by atoms with Crippen molar-refractivity contribution in [1.82, 2.24) is 4.90 Å². The van der Waals surface area contributed by atoms with Crippen molar-refractivity contribution in [2.75, 3.05) is 30.7 Å². The summed E-state index contributed by atoms with van der Waals surface area (Å²) >= 11 is 0. The Morgan fingerprint density at radius 1 is 1.35 bits per heavy atom. The number of nitrogens with zero attached hydrogens (tertiary/aromatic N) is 2. The number of benzene rings is 1. The number of nitrogens with one attached hydrogen (secondary N) is 1. The molecule has 1 aromatic carbocycles. The summed E-state index contributed by atoms with van der Waals surface area (Å²) in [6.45, 7) is 9.93. The molecule has 0 saturated carbocycles. The Kier molecular flexibility index (Phi) is 6.89. The summed E-state index contributed by atoms with van der Waals surface area (Å²) in [5.41, 5.74) is 7.75. The van der Waals surface area contributed by atoms with Gasteiger partial charge in [-0.15, -0.1) is 0 Å². The van der Waals surface area contributed by atoms with Crippen LogP contribution in [-0.2, 0) is 0 Å². The fourth-order valence-electron chi connectivity index (χ4n) is 2.26. The van der Waals surface area contributed by atoms with E-state index in [1.807, 2.05) is 12.1 Å². The topological polar surface area (TPSA) is 65.1 Å². The largest absolute Gasteiger partial charge is 0.398 e. The van der Waals surface area contributed by atoms with E-state index < -0.39 is 0 Å². The molecule has 3 N–H and O–H groups in total. The van der Waals surface area contributed by atoms with Gasteiger partial charge < -0.3 is 16.0 Å². The van der Waals surface area contributed by atoms with E-state index in [0.29, 0.717) is 17.3 Å². The van der Waals surface area contributed by atoms with Crippen LogP contribution in [0.15, 0.2) is 18.2 Å². The third-order valence-corrected chi connectivity index (χ3v) is 3.59. The predicted octanol–water partition coefficient (Wildman–Crippen LogP) is 3.06. The van der Waals surface area contributed by atoms with Gasteiger partial charge in [0.15, 0.2) is 0 Å². The van der Waals surface area contributed by atoms with Crippen LogP contribution < -0.4 is 11.1 Å². The molecular formula is C16H26N4. The fourth-order valence-corrected chi connectivity index (χ4v) is 2.26. The van der Waals surface area contributed by atoms with Gasteiger partial charge in [0.1, 0.15) is 6.07 Å². The van der Waals surface area contributed by atoms with Crippen molar-refractivity contribution in [3.8, 4) is 6.07 Å². The Labute approximate surface area is 122 Å². The van der Waals surface area contributed by atoms with Crippen LogP contribution in [0.1, 0.15) is 39.2 Å². The average molecular weight is 274 g/mol. The molecule has 4 heteroatoms. The van der Waals surface area contributed by atoms with Crippen LogP contribution >= 0.6 is 0 Å². The highest BCUT2D eigenvalue weighted by Gasteiger charge is 2.06. The zero-order valence-electron chi connectivity index (χ0n) is 12.8. The summed E-state index contributed by atoms with van der Waals surface area (Å²) in [6, 6.07) is 8.02. The molecule has 0 aromatic heterocycles. The molecule has 1 rings (SSSR count). The Morgan fingerprint density at radius 2 is 2.05 bits per heavy atom. The number of nitrogens with two attached hydrogens (primary N) is 1. The lowest BCUT2D eigenvalue weighted by Crippen LogP contribution is -2.25. The zero-order chi connectivity index (χ0) is 15.0. The van der Waals surface area contributed by atoms with Crippen LogP contribution in [-0.4, -0.2) is 30.6 Å². The minimum Gasteiger partial charge on any atom is -0.398 e. The van der Waals surface area contributed by atoms with Crippen molar-refractivity contribution in [3.05, 3.63) is 23.8 Å². The molecule has 1 aromatic rings. The van der Waals surface area contributed by atoms with Crippen LogP contribution in [0, 0.1) is 11.3 Å². The summed E-state index contributed by atoms with van der Waals surface area (Å²) in [4.78, 5) is 2.43. The van der Waals surface area contributed by atoms with Crippen LogP contribution in [0.25, 0.3) is 0 Å². The summed E-state index contributed by atoms with van der Waals surface area (Å²) in [7, 11) is 0. The minimum atomic E-state index is 0.390. The van der Waals surface area contributed by atoms with E-state index in [0.717, 1.165) is 31.7 Å². The van der Waals surface area contributed by atoms with Gasteiger partial charge in [-0.2, -0.15) is 5.26 Å². The number of rotatable bonds is 8. The van der Waals surface area contributed by atoms with Crippen molar-refractivity contribution in [2.24, 2.45) is 0 Å². The maximum absolute atomic E-state index is 8.97. The number of hydrogen-bond donors (Lipinski definition) is 2. The normalized spacial score (nSPS) is 12.2. The Morgan fingerprint density at radius 3 is 2.65 bits per heavy atom. The first kappa shape index (κ1) is 16.3. The second-order valence-electron chi connectivity index (χ2n) is 5.13. The molecule has 0 aliphatic heterocycles. The summed E-state index contributed by atoms with van der Waals surface area (Å²) in [6.07, 6.45) is 2.29. The zero-order valence-corrected chi connectivity index (χ0v) is 12.8.